The Morgan fingerprint density at radius 3 is 2.78 bits per heavy atom. The molecule has 1 fully saturated rings. The number of para-hydroxylation sites is 1. The van der Waals surface area contributed by atoms with Crippen molar-refractivity contribution in [3.8, 4) is 0 Å². The van der Waals surface area contributed by atoms with E-state index < -0.39 is 11.4 Å². The van der Waals surface area contributed by atoms with Crippen LogP contribution in [0.1, 0.15) is 22.5 Å². The number of carboxylic acid groups (broad SMARTS) is 1. The second kappa shape index (κ2) is 5.70. The van der Waals surface area contributed by atoms with Crippen LogP contribution in [0.15, 0.2) is 28.7 Å². The van der Waals surface area contributed by atoms with Crippen molar-refractivity contribution in [3.05, 3.63) is 35.6 Å². The third-order valence-electron chi connectivity index (χ3n) is 4.55. The molecule has 1 aliphatic rings. The molecule has 1 aliphatic heterocycles. The van der Waals surface area contributed by atoms with Gasteiger partial charge in [0.1, 0.15) is 11.0 Å². The van der Waals surface area contributed by atoms with Crippen molar-refractivity contribution in [2.24, 2.45) is 5.41 Å². The second-order valence-corrected chi connectivity index (χ2v) is 6.05. The van der Waals surface area contributed by atoms with Gasteiger partial charge >= 0.3 is 5.97 Å². The molecule has 0 saturated carbocycles. The van der Waals surface area contributed by atoms with Crippen molar-refractivity contribution in [2.75, 3.05) is 26.8 Å². The minimum Gasteiger partial charge on any atom is -0.481 e. The third kappa shape index (κ3) is 2.49. The van der Waals surface area contributed by atoms with Gasteiger partial charge in [-0.3, -0.25) is 9.59 Å². The smallest absolute Gasteiger partial charge is 0.313 e. The lowest BCUT2D eigenvalue weighted by Gasteiger charge is -2.23. The van der Waals surface area contributed by atoms with Crippen LogP contribution in [-0.2, 0) is 9.53 Å². The number of furan rings is 1. The highest BCUT2D eigenvalue weighted by atomic mass is 16.5. The van der Waals surface area contributed by atoms with Gasteiger partial charge in [-0.2, -0.15) is 0 Å². The molecule has 1 saturated heterocycles. The zero-order chi connectivity index (χ0) is 16.6. The lowest BCUT2D eigenvalue weighted by Crippen LogP contribution is -2.40. The van der Waals surface area contributed by atoms with Crippen molar-refractivity contribution in [2.45, 2.75) is 13.3 Å². The minimum absolute atomic E-state index is 0.0885. The highest BCUT2D eigenvalue weighted by Gasteiger charge is 2.47. The number of hydrogen-bond donors (Lipinski definition) is 1. The number of amides is 1. The van der Waals surface area contributed by atoms with E-state index in [1.807, 2.05) is 31.2 Å². The number of carbonyl (C=O) groups excluding carboxylic acids is 1. The lowest BCUT2D eigenvalue weighted by atomic mass is 9.88. The second-order valence-electron chi connectivity index (χ2n) is 6.05. The van der Waals surface area contributed by atoms with Crippen molar-refractivity contribution in [1.29, 1.82) is 0 Å². The lowest BCUT2D eigenvalue weighted by molar-refractivity contribution is -0.151. The molecule has 2 aromatic rings. The molecule has 1 aromatic heterocycles. The number of methoxy groups -OCH3 is 1. The van der Waals surface area contributed by atoms with Gasteiger partial charge in [0, 0.05) is 31.1 Å². The Labute approximate surface area is 133 Å². The quantitative estimate of drug-likeness (QED) is 0.936. The number of likely N-dealkylation sites (tertiary alicyclic amines) is 1. The number of ether oxygens (including phenoxy) is 1. The zero-order valence-corrected chi connectivity index (χ0v) is 13.2. The molecule has 1 N–H and O–H groups in total. The van der Waals surface area contributed by atoms with E-state index in [0.29, 0.717) is 18.5 Å². The molecule has 0 bridgehead atoms. The number of carboxylic acids is 1. The van der Waals surface area contributed by atoms with Crippen LogP contribution in [0.25, 0.3) is 11.0 Å². The monoisotopic (exact) mass is 317 g/mol. The first-order valence-electron chi connectivity index (χ1n) is 7.48. The fraction of sp³-hybridized carbons (Fsp3) is 0.412. The minimum atomic E-state index is -1.04. The van der Waals surface area contributed by atoms with Crippen LogP contribution in [0.4, 0.5) is 0 Å². The first-order valence-corrected chi connectivity index (χ1v) is 7.48. The Kier molecular flexibility index (Phi) is 3.85. The Morgan fingerprint density at radius 2 is 2.13 bits per heavy atom. The molecule has 3 rings (SSSR count). The van der Waals surface area contributed by atoms with E-state index in [1.165, 1.54) is 12.0 Å². The predicted molar refractivity (Wildman–Crippen MR) is 83.4 cm³/mol. The van der Waals surface area contributed by atoms with Crippen LogP contribution in [-0.4, -0.2) is 48.7 Å². The summed E-state index contributed by atoms with van der Waals surface area (Å²) in [5, 5.41) is 10.4. The largest absolute Gasteiger partial charge is 0.481 e. The number of rotatable bonds is 4. The molecule has 0 radical (unpaired) electrons. The van der Waals surface area contributed by atoms with E-state index in [2.05, 4.69) is 0 Å². The van der Waals surface area contributed by atoms with Crippen LogP contribution >= 0.6 is 0 Å². The molecule has 1 aromatic carbocycles. The van der Waals surface area contributed by atoms with E-state index in [-0.39, 0.29) is 24.8 Å². The normalized spacial score (nSPS) is 21.0. The average molecular weight is 317 g/mol. The van der Waals surface area contributed by atoms with Gasteiger partial charge in [-0.15, -0.1) is 0 Å². The highest BCUT2D eigenvalue weighted by Crippen LogP contribution is 2.34. The number of hydrogen-bond acceptors (Lipinski definition) is 4. The van der Waals surface area contributed by atoms with Gasteiger partial charge < -0.3 is 19.2 Å². The predicted octanol–water partition coefficient (Wildman–Crippen LogP) is 2.30. The van der Waals surface area contributed by atoms with Gasteiger partial charge in [-0.1, -0.05) is 18.2 Å². The van der Waals surface area contributed by atoms with E-state index in [4.69, 9.17) is 9.15 Å². The summed E-state index contributed by atoms with van der Waals surface area (Å²) in [6.45, 7) is 2.44. The zero-order valence-electron chi connectivity index (χ0n) is 13.2. The van der Waals surface area contributed by atoms with Crippen molar-refractivity contribution in [3.63, 3.8) is 0 Å². The summed E-state index contributed by atoms with van der Waals surface area (Å²) in [4.78, 5) is 25.9. The molecule has 122 valence electrons. The first kappa shape index (κ1) is 15.6. The summed E-state index contributed by atoms with van der Waals surface area (Å²) in [5.74, 6) is -0.918. The number of carbonyl (C=O) groups is 2. The molecule has 1 atom stereocenters. The number of nitrogens with zero attached hydrogens (tertiary/aromatic N) is 1. The maximum absolute atomic E-state index is 12.8. The molecule has 1 unspecified atom stereocenters. The number of aliphatic carboxylic acids is 1. The molecular weight excluding hydrogens is 298 g/mol. The SMILES string of the molecule is COCC1(C(=O)O)CCN(C(=O)c2oc3ccccc3c2C)C1. The molecule has 2 heterocycles. The van der Waals surface area contributed by atoms with Gasteiger partial charge in [-0.25, -0.2) is 0 Å². The Balaban J connectivity index is 1.89. The molecule has 0 spiro atoms. The fourth-order valence-electron chi connectivity index (χ4n) is 3.20. The van der Waals surface area contributed by atoms with Gasteiger partial charge in [0.15, 0.2) is 5.76 Å². The van der Waals surface area contributed by atoms with Crippen LogP contribution < -0.4 is 0 Å². The van der Waals surface area contributed by atoms with E-state index in [0.717, 1.165) is 10.9 Å². The summed E-state index contributed by atoms with van der Waals surface area (Å²) >= 11 is 0. The maximum atomic E-state index is 12.8. The Hall–Kier alpha value is -2.34. The van der Waals surface area contributed by atoms with E-state index >= 15 is 0 Å². The van der Waals surface area contributed by atoms with Crippen LogP contribution in [0.5, 0.6) is 0 Å². The van der Waals surface area contributed by atoms with Crippen LogP contribution in [0.2, 0.25) is 0 Å². The fourth-order valence-corrected chi connectivity index (χ4v) is 3.20. The number of benzene rings is 1. The van der Waals surface area contributed by atoms with E-state index in [1.54, 1.807) is 0 Å². The highest BCUT2D eigenvalue weighted by molar-refractivity contribution is 5.99. The van der Waals surface area contributed by atoms with Crippen LogP contribution in [0.3, 0.4) is 0 Å². The molecular formula is C17H19NO5. The Bertz CT molecular complexity index is 765. The van der Waals surface area contributed by atoms with Crippen molar-refractivity contribution < 1.29 is 23.8 Å². The van der Waals surface area contributed by atoms with Gasteiger partial charge in [0.05, 0.1) is 6.61 Å². The molecule has 23 heavy (non-hydrogen) atoms. The number of aryl methyl sites for hydroxylation is 1. The molecule has 6 nitrogen and oxygen atoms in total. The Morgan fingerprint density at radius 1 is 1.39 bits per heavy atom. The van der Waals surface area contributed by atoms with Gasteiger partial charge in [-0.05, 0) is 19.4 Å². The molecule has 0 aliphatic carbocycles. The third-order valence-corrected chi connectivity index (χ3v) is 4.55. The van der Waals surface area contributed by atoms with Crippen molar-refractivity contribution >= 4 is 22.8 Å². The summed E-state index contributed by atoms with van der Waals surface area (Å²) in [5.41, 5.74) is 0.406. The summed E-state index contributed by atoms with van der Waals surface area (Å²) < 4.78 is 10.7. The molecule has 1 amide bonds. The van der Waals surface area contributed by atoms with Gasteiger partial charge in [0.25, 0.3) is 5.91 Å². The van der Waals surface area contributed by atoms with Gasteiger partial charge in [0.2, 0.25) is 0 Å². The topological polar surface area (TPSA) is 80.0 Å². The summed E-state index contributed by atoms with van der Waals surface area (Å²) in [6, 6.07) is 7.46. The average Bonchev–Trinajstić information content (AvgIpc) is 3.11. The number of fused-ring (bicyclic) bond motifs is 1. The standard InChI is InChI=1S/C17H19NO5/c1-11-12-5-3-4-6-13(12)23-14(11)15(19)18-8-7-17(9-18,10-22-2)16(20)21/h3-6H,7-10H2,1-2H3,(H,20,21). The van der Waals surface area contributed by atoms with Crippen LogP contribution in [0, 0.1) is 12.3 Å². The first-order chi connectivity index (χ1) is 11.0. The van der Waals surface area contributed by atoms with Crippen molar-refractivity contribution in [1.82, 2.24) is 4.90 Å². The maximum Gasteiger partial charge on any atom is 0.313 e. The van der Waals surface area contributed by atoms with E-state index in [9.17, 15) is 14.7 Å². The summed E-state index contributed by atoms with van der Waals surface area (Å²) in [6.07, 6.45) is 0.376. The molecule has 6 heteroatoms. The summed E-state index contributed by atoms with van der Waals surface area (Å²) in [7, 11) is 1.47.